The normalized spacial score (nSPS) is 11.1. The minimum atomic E-state index is 0.423. The van der Waals surface area contributed by atoms with E-state index >= 15 is 0 Å². The molecule has 0 aromatic carbocycles. The average molecular weight is 216 g/mol. The maximum absolute atomic E-state index is 4.45. The van der Waals surface area contributed by atoms with Crippen LogP contribution in [0.5, 0.6) is 0 Å². The van der Waals surface area contributed by atoms with Crippen molar-refractivity contribution < 1.29 is 0 Å². The highest BCUT2D eigenvalue weighted by molar-refractivity contribution is 5.19. The molecule has 4 heteroatoms. The molecule has 2 rings (SSSR count). The van der Waals surface area contributed by atoms with Gasteiger partial charge >= 0.3 is 0 Å². The van der Waals surface area contributed by atoms with Gasteiger partial charge in [0.25, 0.3) is 5.95 Å². The van der Waals surface area contributed by atoms with Gasteiger partial charge in [-0.05, 0) is 31.9 Å². The molecule has 0 aliphatic carbocycles. The zero-order valence-electron chi connectivity index (χ0n) is 10.1. The molecule has 0 spiro atoms. The van der Waals surface area contributed by atoms with Gasteiger partial charge in [-0.1, -0.05) is 13.8 Å². The van der Waals surface area contributed by atoms with E-state index in [0.717, 1.165) is 17.1 Å². The topological polar surface area (TPSA) is 43.6 Å². The average Bonchev–Trinajstić information content (AvgIpc) is 2.64. The Morgan fingerprint density at radius 3 is 2.25 bits per heavy atom. The van der Waals surface area contributed by atoms with Gasteiger partial charge < -0.3 is 0 Å². The van der Waals surface area contributed by atoms with Gasteiger partial charge in [-0.25, -0.2) is 14.6 Å². The van der Waals surface area contributed by atoms with Gasteiger partial charge in [0, 0.05) is 17.6 Å². The summed E-state index contributed by atoms with van der Waals surface area (Å²) in [5, 5.41) is 4.45. The van der Waals surface area contributed by atoms with Gasteiger partial charge in [0.05, 0.1) is 5.69 Å². The second-order valence-electron chi connectivity index (χ2n) is 4.29. The van der Waals surface area contributed by atoms with E-state index in [1.807, 2.05) is 32.2 Å². The summed E-state index contributed by atoms with van der Waals surface area (Å²) in [6.07, 6.45) is 1.91. The van der Waals surface area contributed by atoms with Crippen molar-refractivity contribution >= 4 is 0 Å². The minimum Gasteiger partial charge on any atom is -0.216 e. The Labute approximate surface area is 95.4 Å². The molecule has 2 heterocycles. The SMILES string of the molecule is Cc1cc(C)nc(-n2ccc(C(C)C)n2)n1. The lowest BCUT2D eigenvalue weighted by Gasteiger charge is -2.03. The fraction of sp³-hybridized carbons (Fsp3) is 0.417. The first-order valence-corrected chi connectivity index (χ1v) is 5.44. The first kappa shape index (κ1) is 10.8. The standard InChI is InChI=1S/C12H16N4/c1-8(2)11-5-6-16(15-11)12-13-9(3)7-10(4)14-12/h5-8H,1-4H3. The fourth-order valence-corrected chi connectivity index (χ4v) is 1.57. The van der Waals surface area contributed by atoms with Crippen molar-refractivity contribution in [2.24, 2.45) is 0 Å². The Hall–Kier alpha value is -1.71. The molecule has 0 aliphatic rings. The van der Waals surface area contributed by atoms with Crippen molar-refractivity contribution in [3.63, 3.8) is 0 Å². The molecule has 4 nitrogen and oxygen atoms in total. The van der Waals surface area contributed by atoms with Gasteiger partial charge in [0.1, 0.15) is 0 Å². The van der Waals surface area contributed by atoms with Gasteiger partial charge in [-0.15, -0.1) is 0 Å². The molecule has 2 aromatic heterocycles. The van der Waals surface area contributed by atoms with Crippen molar-refractivity contribution in [1.82, 2.24) is 19.7 Å². The number of nitrogens with zero attached hydrogens (tertiary/aromatic N) is 4. The lowest BCUT2D eigenvalue weighted by molar-refractivity contribution is 0.736. The second kappa shape index (κ2) is 4.04. The van der Waals surface area contributed by atoms with Gasteiger partial charge in [-0.2, -0.15) is 5.10 Å². The fourth-order valence-electron chi connectivity index (χ4n) is 1.57. The van der Waals surface area contributed by atoms with Crippen LogP contribution in [0.15, 0.2) is 18.3 Å². The summed E-state index contributed by atoms with van der Waals surface area (Å²) in [4.78, 5) is 8.73. The third kappa shape index (κ3) is 2.10. The first-order valence-electron chi connectivity index (χ1n) is 5.44. The molecule has 0 N–H and O–H groups in total. The molecule has 0 fully saturated rings. The lowest BCUT2D eigenvalue weighted by atomic mass is 10.1. The van der Waals surface area contributed by atoms with E-state index in [1.165, 1.54) is 0 Å². The van der Waals surface area contributed by atoms with Crippen molar-refractivity contribution in [2.75, 3.05) is 0 Å². The predicted octanol–water partition coefficient (Wildman–Crippen LogP) is 2.40. The third-order valence-corrected chi connectivity index (χ3v) is 2.38. The number of aryl methyl sites for hydroxylation is 2. The molecule has 0 saturated heterocycles. The molecule has 84 valence electrons. The summed E-state index contributed by atoms with van der Waals surface area (Å²) >= 11 is 0. The van der Waals surface area contributed by atoms with E-state index in [1.54, 1.807) is 4.68 Å². The molecule has 0 bridgehead atoms. The molecule has 0 unspecified atom stereocenters. The van der Waals surface area contributed by atoms with Crippen LogP contribution in [0.1, 0.15) is 36.8 Å². The lowest BCUT2D eigenvalue weighted by Crippen LogP contribution is -2.05. The summed E-state index contributed by atoms with van der Waals surface area (Å²) < 4.78 is 1.73. The van der Waals surface area contributed by atoms with Crippen molar-refractivity contribution in [2.45, 2.75) is 33.6 Å². The van der Waals surface area contributed by atoms with Crippen LogP contribution in [0.4, 0.5) is 0 Å². The highest BCUT2D eigenvalue weighted by Crippen LogP contribution is 2.12. The van der Waals surface area contributed by atoms with Crippen LogP contribution >= 0.6 is 0 Å². The van der Waals surface area contributed by atoms with Crippen molar-refractivity contribution in [3.8, 4) is 5.95 Å². The smallest absolute Gasteiger partial charge is 0.216 e. The zero-order chi connectivity index (χ0) is 11.7. The molecule has 0 aliphatic heterocycles. The molecule has 0 radical (unpaired) electrons. The van der Waals surface area contributed by atoms with E-state index in [9.17, 15) is 0 Å². The van der Waals surface area contributed by atoms with E-state index in [2.05, 4.69) is 28.9 Å². The maximum Gasteiger partial charge on any atom is 0.250 e. The van der Waals surface area contributed by atoms with Crippen LogP contribution in [0, 0.1) is 13.8 Å². The van der Waals surface area contributed by atoms with Crippen LogP contribution in [-0.2, 0) is 0 Å². The van der Waals surface area contributed by atoms with Gasteiger partial charge in [0.15, 0.2) is 0 Å². The Balaban J connectivity index is 2.42. The molecule has 2 aromatic rings. The molecular weight excluding hydrogens is 200 g/mol. The Bertz CT molecular complexity index is 479. The summed E-state index contributed by atoms with van der Waals surface area (Å²) in [6, 6.07) is 3.96. The Morgan fingerprint density at radius 2 is 1.75 bits per heavy atom. The zero-order valence-corrected chi connectivity index (χ0v) is 10.1. The van der Waals surface area contributed by atoms with Crippen molar-refractivity contribution in [1.29, 1.82) is 0 Å². The molecule has 0 atom stereocenters. The minimum absolute atomic E-state index is 0.423. The monoisotopic (exact) mass is 216 g/mol. The van der Waals surface area contributed by atoms with Crippen LogP contribution < -0.4 is 0 Å². The van der Waals surface area contributed by atoms with Crippen LogP contribution in [0.3, 0.4) is 0 Å². The molecular formula is C12H16N4. The molecule has 0 amide bonds. The molecule has 16 heavy (non-hydrogen) atoms. The van der Waals surface area contributed by atoms with E-state index in [-0.39, 0.29) is 0 Å². The molecule has 0 saturated carbocycles. The predicted molar refractivity (Wildman–Crippen MR) is 62.7 cm³/mol. The number of rotatable bonds is 2. The quantitative estimate of drug-likeness (QED) is 0.774. The van der Waals surface area contributed by atoms with E-state index in [0.29, 0.717) is 11.9 Å². The first-order chi connectivity index (χ1) is 7.56. The summed E-state index contributed by atoms with van der Waals surface area (Å²) in [6.45, 7) is 8.17. The van der Waals surface area contributed by atoms with Gasteiger partial charge in [0.2, 0.25) is 0 Å². The Kier molecular flexibility index (Phi) is 2.73. The van der Waals surface area contributed by atoms with Crippen LogP contribution in [0.2, 0.25) is 0 Å². The number of aromatic nitrogens is 4. The Morgan fingerprint density at radius 1 is 1.12 bits per heavy atom. The third-order valence-electron chi connectivity index (χ3n) is 2.38. The number of hydrogen-bond donors (Lipinski definition) is 0. The van der Waals surface area contributed by atoms with E-state index < -0.39 is 0 Å². The highest BCUT2D eigenvalue weighted by Gasteiger charge is 2.07. The van der Waals surface area contributed by atoms with E-state index in [4.69, 9.17) is 0 Å². The van der Waals surface area contributed by atoms with Crippen LogP contribution in [-0.4, -0.2) is 19.7 Å². The van der Waals surface area contributed by atoms with Crippen molar-refractivity contribution in [3.05, 3.63) is 35.4 Å². The highest BCUT2D eigenvalue weighted by atomic mass is 15.3. The van der Waals surface area contributed by atoms with Gasteiger partial charge in [-0.3, -0.25) is 0 Å². The van der Waals surface area contributed by atoms with Crippen LogP contribution in [0.25, 0.3) is 5.95 Å². The largest absolute Gasteiger partial charge is 0.250 e. The maximum atomic E-state index is 4.45. The second-order valence-corrected chi connectivity index (χ2v) is 4.29. The summed E-state index contributed by atoms with van der Waals surface area (Å²) in [5.74, 6) is 1.07. The summed E-state index contributed by atoms with van der Waals surface area (Å²) in [5.41, 5.74) is 2.98. The summed E-state index contributed by atoms with van der Waals surface area (Å²) in [7, 11) is 0. The number of hydrogen-bond acceptors (Lipinski definition) is 3.